The number of carbonyl (C=O) groups excluding carboxylic acids is 3. The minimum Gasteiger partial charge on any atom is -0.493 e. The number of nitrogens with two attached hydrogens (primary N) is 1. The first-order valence-corrected chi connectivity index (χ1v) is 17.7. The van der Waals surface area contributed by atoms with Crippen LogP contribution in [0.3, 0.4) is 0 Å². The number of hydrogen-bond donors (Lipinski definition) is 5. The van der Waals surface area contributed by atoms with E-state index in [9.17, 15) is 22.8 Å². The van der Waals surface area contributed by atoms with Crippen molar-refractivity contribution in [1.29, 1.82) is 5.41 Å². The highest BCUT2D eigenvalue weighted by atomic mass is 32.2. The molecule has 0 heterocycles. The van der Waals surface area contributed by atoms with Crippen molar-refractivity contribution in [3.05, 3.63) is 150 Å². The number of benzene rings is 5. The molecule has 0 fully saturated rings. The summed E-state index contributed by atoms with van der Waals surface area (Å²) in [6.07, 6.45) is 0. The fraction of sp³-hybridized carbons (Fsp3) is 0.128. The average molecular weight is 736 g/mol. The van der Waals surface area contributed by atoms with E-state index in [1.807, 2.05) is 30.3 Å². The molecule has 0 radical (unpaired) electrons. The topological polar surface area (TPSA) is 199 Å². The summed E-state index contributed by atoms with van der Waals surface area (Å²) in [5, 5.41) is 13.6. The summed E-state index contributed by atoms with van der Waals surface area (Å²) in [5.41, 5.74) is 7.63. The Bertz CT molecular complexity index is 2180. The van der Waals surface area contributed by atoms with Crippen molar-refractivity contribution in [2.45, 2.75) is 30.5 Å². The third-order valence-electron chi connectivity index (χ3n) is 7.85. The molecule has 0 aliphatic carbocycles. The molecule has 14 heteroatoms. The van der Waals surface area contributed by atoms with Crippen LogP contribution >= 0.6 is 0 Å². The Morgan fingerprint density at radius 3 is 1.98 bits per heavy atom. The van der Waals surface area contributed by atoms with Gasteiger partial charge in [0.05, 0.1) is 17.7 Å². The number of ether oxygens (including phenoxy) is 3. The molecular weight excluding hydrogens is 699 g/mol. The standard InChI is InChI=1S/C39H37N5O8S/c1-25(45)52-39(47)35(27-14-8-4-9-15-27)43-38(46)36(42-29-20-18-28(19-21-29)37(40)41)31-22-33(50-2)34(51-24-26-12-6-3-7-13-26)23-32(31)44-53(48,49)30-16-10-5-11-17-30/h3-23,35-36,42,44H,24H2,1-2H3,(H3,40,41)(H,43,46). The molecule has 0 saturated carbocycles. The van der Waals surface area contributed by atoms with Gasteiger partial charge in [-0.3, -0.25) is 19.7 Å². The number of hydrogen-bond acceptors (Lipinski definition) is 10. The maximum atomic E-state index is 14.5. The SMILES string of the molecule is COc1cc(C(Nc2ccc(C(=N)N)cc2)C(=O)NC(C(=O)OC(C)=O)c2ccccc2)c(NS(=O)(=O)c2ccccc2)cc1OCc1ccccc1. The van der Waals surface area contributed by atoms with Gasteiger partial charge in [-0.1, -0.05) is 78.9 Å². The minimum absolute atomic E-state index is 0.0431. The second-order valence-corrected chi connectivity index (χ2v) is 13.3. The average Bonchev–Trinajstić information content (AvgIpc) is 3.16. The monoisotopic (exact) mass is 735 g/mol. The van der Waals surface area contributed by atoms with Gasteiger partial charge in [0, 0.05) is 29.8 Å². The molecule has 5 rings (SSSR count). The zero-order valence-corrected chi connectivity index (χ0v) is 29.6. The van der Waals surface area contributed by atoms with Crippen LogP contribution in [0.1, 0.15) is 41.3 Å². The highest BCUT2D eigenvalue weighted by Crippen LogP contribution is 2.39. The lowest BCUT2D eigenvalue weighted by molar-refractivity contribution is -0.160. The number of anilines is 2. The number of esters is 2. The first-order valence-electron chi connectivity index (χ1n) is 16.2. The Kier molecular flexibility index (Phi) is 12.1. The summed E-state index contributed by atoms with van der Waals surface area (Å²) in [4.78, 5) is 39.5. The van der Waals surface area contributed by atoms with E-state index in [4.69, 9.17) is 25.4 Å². The molecule has 13 nitrogen and oxygen atoms in total. The molecule has 0 aromatic heterocycles. The van der Waals surface area contributed by atoms with E-state index in [1.54, 1.807) is 72.8 Å². The summed E-state index contributed by atoms with van der Waals surface area (Å²) in [5.74, 6) is -2.56. The molecule has 0 saturated heterocycles. The van der Waals surface area contributed by atoms with E-state index < -0.39 is 40.0 Å². The van der Waals surface area contributed by atoms with Crippen LogP contribution in [0, 0.1) is 5.41 Å². The van der Waals surface area contributed by atoms with Crippen LogP contribution in [-0.4, -0.2) is 39.2 Å². The quantitative estimate of drug-likeness (QED) is 0.0398. The normalized spacial score (nSPS) is 12.0. The van der Waals surface area contributed by atoms with Gasteiger partial charge in [-0.15, -0.1) is 0 Å². The molecule has 6 N–H and O–H groups in total. The van der Waals surface area contributed by atoms with Crippen molar-refractivity contribution in [1.82, 2.24) is 5.32 Å². The smallest absolute Gasteiger partial charge is 0.340 e. The maximum Gasteiger partial charge on any atom is 0.340 e. The molecule has 0 spiro atoms. The number of amidine groups is 1. The molecule has 0 aliphatic rings. The van der Waals surface area contributed by atoms with Gasteiger partial charge in [-0.2, -0.15) is 0 Å². The molecule has 5 aromatic rings. The molecule has 5 aromatic carbocycles. The first kappa shape index (κ1) is 37.6. The second kappa shape index (κ2) is 17.0. The van der Waals surface area contributed by atoms with Crippen LogP contribution in [0.5, 0.6) is 11.5 Å². The number of sulfonamides is 1. The van der Waals surface area contributed by atoms with Crippen LogP contribution < -0.4 is 30.6 Å². The van der Waals surface area contributed by atoms with Gasteiger partial charge >= 0.3 is 11.9 Å². The number of methoxy groups -OCH3 is 1. The van der Waals surface area contributed by atoms with Crippen LogP contribution in [0.4, 0.5) is 11.4 Å². The molecule has 1 amide bonds. The molecule has 53 heavy (non-hydrogen) atoms. The summed E-state index contributed by atoms with van der Waals surface area (Å²) in [6, 6.07) is 31.4. The number of nitrogens with one attached hydrogen (secondary N) is 4. The van der Waals surface area contributed by atoms with E-state index >= 15 is 0 Å². The zero-order valence-electron chi connectivity index (χ0n) is 28.7. The van der Waals surface area contributed by atoms with E-state index in [1.165, 1.54) is 31.4 Å². The van der Waals surface area contributed by atoms with Crippen molar-refractivity contribution in [3.63, 3.8) is 0 Å². The van der Waals surface area contributed by atoms with Crippen molar-refractivity contribution < 1.29 is 37.0 Å². The van der Waals surface area contributed by atoms with E-state index in [0.29, 0.717) is 16.8 Å². The van der Waals surface area contributed by atoms with Crippen LogP contribution in [0.2, 0.25) is 0 Å². The van der Waals surface area contributed by atoms with Gasteiger partial charge in [0.1, 0.15) is 18.5 Å². The summed E-state index contributed by atoms with van der Waals surface area (Å²) in [7, 11) is -2.84. The Labute approximate surface area is 306 Å². The fourth-order valence-corrected chi connectivity index (χ4v) is 6.36. The second-order valence-electron chi connectivity index (χ2n) is 11.6. The van der Waals surface area contributed by atoms with Crippen molar-refractivity contribution >= 4 is 45.1 Å². The lowest BCUT2D eigenvalue weighted by Crippen LogP contribution is -2.40. The molecule has 272 valence electrons. The largest absolute Gasteiger partial charge is 0.493 e. The van der Waals surface area contributed by atoms with Gasteiger partial charge in [0.15, 0.2) is 17.5 Å². The van der Waals surface area contributed by atoms with Crippen molar-refractivity contribution in [2.24, 2.45) is 5.73 Å². The van der Waals surface area contributed by atoms with E-state index in [-0.39, 0.29) is 40.1 Å². The summed E-state index contributed by atoms with van der Waals surface area (Å²) < 4.78 is 46.8. The lowest BCUT2D eigenvalue weighted by Gasteiger charge is -2.26. The van der Waals surface area contributed by atoms with Crippen LogP contribution in [0.15, 0.2) is 132 Å². The lowest BCUT2D eigenvalue weighted by atomic mass is 10.0. The predicted molar refractivity (Wildman–Crippen MR) is 199 cm³/mol. The van der Waals surface area contributed by atoms with E-state index in [2.05, 4.69) is 15.4 Å². The summed E-state index contributed by atoms with van der Waals surface area (Å²) >= 11 is 0. The number of nitrogen functional groups attached to an aromatic ring is 1. The first-order chi connectivity index (χ1) is 25.4. The number of rotatable bonds is 15. The molecule has 0 aliphatic heterocycles. The van der Waals surface area contributed by atoms with E-state index in [0.717, 1.165) is 12.5 Å². The number of amides is 1. The Hall–Kier alpha value is -6.67. The minimum atomic E-state index is -4.23. The highest BCUT2D eigenvalue weighted by Gasteiger charge is 2.33. The van der Waals surface area contributed by atoms with Crippen LogP contribution in [-0.2, 0) is 35.8 Å². The third-order valence-corrected chi connectivity index (χ3v) is 9.23. The van der Waals surface area contributed by atoms with Crippen molar-refractivity contribution in [3.8, 4) is 11.5 Å². The van der Waals surface area contributed by atoms with Gasteiger partial charge < -0.3 is 30.6 Å². The zero-order chi connectivity index (χ0) is 38.0. The van der Waals surface area contributed by atoms with Crippen LogP contribution in [0.25, 0.3) is 0 Å². The molecule has 2 unspecified atom stereocenters. The Balaban J connectivity index is 1.65. The summed E-state index contributed by atoms with van der Waals surface area (Å²) in [6.45, 7) is 1.18. The molecule has 2 atom stereocenters. The van der Waals surface area contributed by atoms with Gasteiger partial charge in [0.2, 0.25) is 5.91 Å². The molecular formula is C39H37N5O8S. The third kappa shape index (κ3) is 9.77. The predicted octanol–water partition coefficient (Wildman–Crippen LogP) is 5.46. The number of carbonyl (C=O) groups is 3. The highest BCUT2D eigenvalue weighted by molar-refractivity contribution is 7.92. The maximum absolute atomic E-state index is 14.5. The van der Waals surface area contributed by atoms with Gasteiger partial charge in [-0.05, 0) is 53.6 Å². The fourth-order valence-electron chi connectivity index (χ4n) is 5.26. The van der Waals surface area contributed by atoms with Gasteiger partial charge in [-0.25, -0.2) is 13.2 Å². The van der Waals surface area contributed by atoms with Gasteiger partial charge in [0.25, 0.3) is 10.0 Å². The molecule has 0 bridgehead atoms. The Morgan fingerprint density at radius 1 is 0.792 bits per heavy atom. The van der Waals surface area contributed by atoms with Crippen molar-refractivity contribution in [2.75, 3.05) is 17.1 Å². The Morgan fingerprint density at radius 2 is 1.40 bits per heavy atom.